The number of rotatable bonds is 2. The summed E-state index contributed by atoms with van der Waals surface area (Å²) in [5.74, 6) is 0. The Morgan fingerprint density at radius 3 is 1.35 bits per heavy atom. The van der Waals surface area contributed by atoms with E-state index in [2.05, 4.69) is 0 Å². The Morgan fingerprint density at radius 1 is 0.588 bits per heavy atom. The molecular weight excluding hydrogens is 318 g/mol. The van der Waals surface area contributed by atoms with Crippen LogP contribution in [0.2, 0.25) is 20.1 Å². The minimum absolute atomic E-state index is 0.553. The van der Waals surface area contributed by atoms with E-state index in [9.17, 15) is 0 Å². The zero-order chi connectivity index (χ0) is 12.4. The summed E-state index contributed by atoms with van der Waals surface area (Å²) in [7, 11) is 0. The first kappa shape index (κ1) is 13.4. The van der Waals surface area contributed by atoms with Crippen LogP contribution in [0.1, 0.15) is 0 Å². The molecule has 0 atom stereocenters. The second-order valence-electron chi connectivity index (χ2n) is 3.31. The number of hydrogen-bond acceptors (Lipinski definition) is 0. The van der Waals surface area contributed by atoms with E-state index in [4.69, 9.17) is 46.4 Å². The van der Waals surface area contributed by atoms with Gasteiger partial charge in [-0.1, -0.05) is 46.4 Å². The molecule has 0 aromatic heterocycles. The first-order valence-corrected chi connectivity index (χ1v) is 7.09. The van der Waals surface area contributed by atoms with Gasteiger partial charge in [-0.3, -0.25) is 0 Å². The summed E-state index contributed by atoms with van der Waals surface area (Å²) in [6, 6.07) is 11.1. The van der Waals surface area contributed by atoms with Crippen LogP contribution in [0, 0.1) is 0 Å². The van der Waals surface area contributed by atoms with Gasteiger partial charge >= 0.3 is 0 Å². The molecule has 0 aliphatic rings. The fourth-order valence-corrected chi connectivity index (χ4v) is 2.99. The van der Waals surface area contributed by atoms with Gasteiger partial charge in [0.25, 0.3) is 0 Å². The second kappa shape index (κ2) is 5.73. The average molecular weight is 325 g/mol. The largest absolute Gasteiger partial charge is 0.159 e. The SMILES string of the molecule is Clc1ccc([SH+]c2ccc(Cl)c(Cl)c2)cc1Cl. The summed E-state index contributed by atoms with van der Waals surface area (Å²) < 4.78 is 0. The van der Waals surface area contributed by atoms with Gasteiger partial charge in [0, 0.05) is 23.9 Å². The van der Waals surface area contributed by atoms with Crippen molar-refractivity contribution in [1.29, 1.82) is 0 Å². The fourth-order valence-electron chi connectivity index (χ4n) is 1.26. The number of hydrogen-bond donors (Lipinski definition) is 0. The highest BCUT2D eigenvalue weighted by Crippen LogP contribution is 2.27. The van der Waals surface area contributed by atoms with Crippen LogP contribution in [-0.4, -0.2) is 0 Å². The highest BCUT2D eigenvalue weighted by atomic mass is 35.5. The van der Waals surface area contributed by atoms with E-state index in [-0.39, 0.29) is 0 Å². The summed E-state index contributed by atoms with van der Waals surface area (Å²) >= 11 is 24.6. The van der Waals surface area contributed by atoms with Gasteiger partial charge in [0.05, 0.1) is 20.1 Å². The van der Waals surface area contributed by atoms with Gasteiger partial charge < -0.3 is 0 Å². The van der Waals surface area contributed by atoms with Gasteiger partial charge in [-0.2, -0.15) is 0 Å². The molecule has 0 heterocycles. The lowest BCUT2D eigenvalue weighted by Crippen LogP contribution is -1.85. The summed E-state index contributed by atoms with van der Waals surface area (Å²) in [6.07, 6.45) is 0. The molecule has 0 radical (unpaired) electrons. The normalized spacial score (nSPS) is 10.6. The van der Waals surface area contributed by atoms with Gasteiger partial charge in [-0.15, -0.1) is 0 Å². The van der Waals surface area contributed by atoms with E-state index in [1.165, 1.54) is 0 Å². The first-order valence-electron chi connectivity index (χ1n) is 4.68. The Labute approximate surface area is 124 Å². The lowest BCUT2D eigenvalue weighted by atomic mass is 10.3. The van der Waals surface area contributed by atoms with Gasteiger partial charge in [-0.25, -0.2) is 0 Å². The molecule has 2 aromatic rings. The highest BCUT2D eigenvalue weighted by molar-refractivity contribution is 7.78. The maximum absolute atomic E-state index is 5.95. The maximum Gasteiger partial charge on any atom is 0.159 e. The highest BCUT2D eigenvalue weighted by Gasteiger charge is 2.11. The number of benzene rings is 2. The van der Waals surface area contributed by atoms with E-state index in [1.807, 2.05) is 24.3 Å². The quantitative estimate of drug-likeness (QED) is 0.503. The van der Waals surface area contributed by atoms with Crippen molar-refractivity contribution in [2.45, 2.75) is 9.79 Å². The predicted molar refractivity (Wildman–Crippen MR) is 78.2 cm³/mol. The standard InChI is InChI=1S/C12H6Cl4S/c13-9-3-1-7(5-11(9)15)17-8-2-4-10(14)12(16)6-8/h1-6H/p+1. The average Bonchev–Trinajstić information content (AvgIpc) is 2.29. The molecule has 0 unspecified atom stereocenters. The number of halogens is 4. The minimum atomic E-state index is 0.553. The molecule has 0 nitrogen and oxygen atoms in total. The molecule has 0 aliphatic carbocycles. The lowest BCUT2D eigenvalue weighted by Gasteiger charge is -1.98. The molecule has 0 aliphatic heterocycles. The fraction of sp³-hybridized carbons (Fsp3) is 0. The molecule has 88 valence electrons. The Bertz CT molecular complexity index is 505. The molecule has 0 amide bonds. The molecule has 2 rings (SSSR count). The third-order valence-electron chi connectivity index (χ3n) is 2.06. The van der Waals surface area contributed by atoms with Crippen molar-refractivity contribution in [3.63, 3.8) is 0 Å². The summed E-state index contributed by atoms with van der Waals surface area (Å²) in [6.45, 7) is 0. The molecular formula is C12H7Cl4S+. The topological polar surface area (TPSA) is 0 Å². The molecule has 0 bridgehead atoms. The first-order chi connectivity index (χ1) is 8.06. The van der Waals surface area contributed by atoms with E-state index < -0.39 is 0 Å². The van der Waals surface area contributed by atoms with Crippen LogP contribution < -0.4 is 0 Å². The van der Waals surface area contributed by atoms with Crippen LogP contribution >= 0.6 is 46.4 Å². The molecule has 0 N–H and O–H groups in total. The Morgan fingerprint density at radius 2 is 1.00 bits per heavy atom. The van der Waals surface area contributed by atoms with Crippen molar-refractivity contribution >= 4 is 58.2 Å². The van der Waals surface area contributed by atoms with Gasteiger partial charge in [-0.05, 0) is 24.3 Å². The predicted octanol–water partition coefficient (Wildman–Crippen LogP) is 5.53. The zero-order valence-electron chi connectivity index (χ0n) is 8.42. The Kier molecular flexibility index (Phi) is 4.51. The van der Waals surface area contributed by atoms with Crippen molar-refractivity contribution in [3.05, 3.63) is 56.5 Å². The van der Waals surface area contributed by atoms with Gasteiger partial charge in [0.15, 0.2) is 9.79 Å². The van der Waals surface area contributed by atoms with Crippen molar-refractivity contribution < 1.29 is 0 Å². The smallest absolute Gasteiger partial charge is 0.0827 e. The molecule has 0 saturated carbocycles. The van der Waals surface area contributed by atoms with E-state index >= 15 is 0 Å². The Hall–Kier alpha value is -0.0500. The van der Waals surface area contributed by atoms with Crippen molar-refractivity contribution in [2.75, 3.05) is 0 Å². The van der Waals surface area contributed by atoms with Crippen LogP contribution in [0.25, 0.3) is 0 Å². The van der Waals surface area contributed by atoms with E-state index in [0.717, 1.165) is 21.6 Å². The number of thiol groups is 1. The van der Waals surface area contributed by atoms with E-state index in [1.54, 1.807) is 12.1 Å². The van der Waals surface area contributed by atoms with Crippen LogP contribution in [0.5, 0.6) is 0 Å². The van der Waals surface area contributed by atoms with Crippen LogP contribution in [-0.2, 0) is 11.8 Å². The maximum atomic E-state index is 5.95. The summed E-state index contributed by atoms with van der Waals surface area (Å²) in [4.78, 5) is 2.11. The lowest BCUT2D eigenvalue weighted by molar-refractivity contribution is 1.40. The molecule has 17 heavy (non-hydrogen) atoms. The van der Waals surface area contributed by atoms with Crippen LogP contribution in [0.15, 0.2) is 46.2 Å². The summed E-state index contributed by atoms with van der Waals surface area (Å²) in [5.41, 5.74) is 0. The minimum Gasteiger partial charge on any atom is -0.0827 e. The summed E-state index contributed by atoms with van der Waals surface area (Å²) in [5, 5.41) is 2.22. The third kappa shape index (κ3) is 3.46. The second-order valence-corrected chi connectivity index (χ2v) is 6.19. The molecule has 0 saturated heterocycles. The molecule has 0 fully saturated rings. The Balaban J connectivity index is 2.25. The third-order valence-corrected chi connectivity index (χ3v) is 4.62. The van der Waals surface area contributed by atoms with Gasteiger partial charge in [0.2, 0.25) is 0 Å². The van der Waals surface area contributed by atoms with E-state index in [0.29, 0.717) is 20.1 Å². The van der Waals surface area contributed by atoms with Crippen LogP contribution in [0.4, 0.5) is 0 Å². The van der Waals surface area contributed by atoms with Crippen molar-refractivity contribution in [1.82, 2.24) is 0 Å². The molecule has 2 aromatic carbocycles. The molecule has 0 spiro atoms. The van der Waals surface area contributed by atoms with Crippen molar-refractivity contribution in [3.8, 4) is 0 Å². The van der Waals surface area contributed by atoms with Gasteiger partial charge in [0.1, 0.15) is 0 Å². The monoisotopic (exact) mass is 323 g/mol. The van der Waals surface area contributed by atoms with Crippen molar-refractivity contribution in [2.24, 2.45) is 0 Å². The van der Waals surface area contributed by atoms with Crippen LogP contribution in [0.3, 0.4) is 0 Å². The zero-order valence-corrected chi connectivity index (χ0v) is 12.3. The molecule has 5 heteroatoms.